The zero-order valence-corrected chi connectivity index (χ0v) is 14.8. The highest BCUT2D eigenvalue weighted by molar-refractivity contribution is 5.10. The Morgan fingerprint density at radius 1 is 0.591 bits per heavy atom. The summed E-state index contributed by atoms with van der Waals surface area (Å²) in [5.74, 6) is 5.64. The van der Waals surface area contributed by atoms with Crippen LogP contribution in [0.2, 0.25) is 0 Å². The van der Waals surface area contributed by atoms with E-state index in [9.17, 15) is 0 Å². The van der Waals surface area contributed by atoms with Crippen molar-refractivity contribution >= 4 is 0 Å². The molecule has 5 unspecified atom stereocenters. The van der Waals surface area contributed by atoms with Crippen LogP contribution in [0.1, 0.15) is 96.8 Å². The van der Waals surface area contributed by atoms with E-state index in [1.807, 2.05) is 0 Å². The molecule has 0 aromatic heterocycles. The summed E-state index contributed by atoms with van der Waals surface area (Å²) < 4.78 is 0. The van der Waals surface area contributed by atoms with Crippen LogP contribution < -0.4 is 0 Å². The molecule has 0 aliphatic heterocycles. The molecule has 0 saturated heterocycles. The van der Waals surface area contributed by atoms with Crippen molar-refractivity contribution in [3.8, 4) is 0 Å². The van der Waals surface area contributed by atoms with Crippen LogP contribution in [0.3, 0.4) is 0 Å². The molecule has 5 aliphatic carbocycles. The normalized spacial score (nSPS) is 57.4. The van der Waals surface area contributed by atoms with Gasteiger partial charge in [0, 0.05) is 0 Å². The second-order valence-corrected chi connectivity index (χ2v) is 10.2. The fourth-order valence-electron chi connectivity index (χ4n) is 9.01. The monoisotopic (exact) mass is 300 g/mol. The fourth-order valence-corrected chi connectivity index (χ4v) is 9.01. The lowest BCUT2D eigenvalue weighted by Gasteiger charge is -2.61. The maximum Gasteiger partial charge on any atom is -0.0238 e. The van der Waals surface area contributed by atoms with Crippen LogP contribution in [-0.4, -0.2) is 0 Å². The van der Waals surface area contributed by atoms with Crippen molar-refractivity contribution in [2.75, 3.05) is 0 Å². The van der Waals surface area contributed by atoms with Crippen LogP contribution in [0.15, 0.2) is 0 Å². The van der Waals surface area contributed by atoms with E-state index < -0.39 is 0 Å². The second kappa shape index (κ2) is 5.00. The smallest absolute Gasteiger partial charge is 0.0238 e. The molecule has 0 heterocycles. The highest BCUT2D eigenvalue weighted by atomic mass is 14.7. The van der Waals surface area contributed by atoms with Crippen molar-refractivity contribution in [3.63, 3.8) is 0 Å². The van der Waals surface area contributed by atoms with Gasteiger partial charge >= 0.3 is 0 Å². The van der Waals surface area contributed by atoms with Gasteiger partial charge in [0.1, 0.15) is 0 Å². The Balaban J connectivity index is 1.47. The molecule has 0 heteroatoms. The van der Waals surface area contributed by atoms with Gasteiger partial charge in [-0.25, -0.2) is 0 Å². The molecule has 0 N–H and O–H groups in total. The molecule has 7 atom stereocenters. The highest BCUT2D eigenvalue weighted by Gasteiger charge is 2.61. The molecular weight excluding hydrogens is 264 g/mol. The summed E-state index contributed by atoms with van der Waals surface area (Å²) in [6.07, 6.45) is 22.2. The van der Waals surface area contributed by atoms with E-state index in [2.05, 4.69) is 6.92 Å². The highest BCUT2D eigenvalue weighted by Crippen LogP contribution is 2.70. The molecule has 0 bridgehead atoms. The molecule has 22 heavy (non-hydrogen) atoms. The van der Waals surface area contributed by atoms with Crippen molar-refractivity contribution in [1.29, 1.82) is 0 Å². The van der Waals surface area contributed by atoms with Gasteiger partial charge in [0.15, 0.2) is 0 Å². The van der Waals surface area contributed by atoms with Crippen molar-refractivity contribution in [1.82, 2.24) is 0 Å². The van der Waals surface area contributed by atoms with Gasteiger partial charge in [-0.15, -0.1) is 0 Å². The Hall–Kier alpha value is 0. The number of rotatable bonds is 0. The quantitative estimate of drug-likeness (QED) is 0.473. The Kier molecular flexibility index (Phi) is 3.26. The first kappa shape index (κ1) is 14.4. The topological polar surface area (TPSA) is 0 Å². The van der Waals surface area contributed by atoms with Gasteiger partial charge in [-0.1, -0.05) is 32.6 Å². The van der Waals surface area contributed by atoms with Crippen LogP contribution in [0.4, 0.5) is 0 Å². The summed E-state index contributed by atoms with van der Waals surface area (Å²) in [6, 6.07) is 0. The Morgan fingerprint density at radius 2 is 1.36 bits per heavy atom. The maximum atomic E-state index is 2.74. The van der Waals surface area contributed by atoms with Crippen LogP contribution in [-0.2, 0) is 0 Å². The fraction of sp³-hybridized carbons (Fsp3) is 1.00. The Morgan fingerprint density at radius 3 is 2.27 bits per heavy atom. The SMILES string of the molecule is CC12CCCCC1CCC1C2CC[C@]23CCCC[C@H]2CCC13. The first-order chi connectivity index (χ1) is 10.7. The van der Waals surface area contributed by atoms with E-state index in [0.29, 0.717) is 0 Å². The van der Waals surface area contributed by atoms with Gasteiger partial charge in [0.2, 0.25) is 0 Å². The number of hydrogen-bond donors (Lipinski definition) is 0. The lowest BCUT2D eigenvalue weighted by Crippen LogP contribution is -2.53. The third-order valence-corrected chi connectivity index (χ3v) is 9.92. The minimum Gasteiger partial charge on any atom is -0.0591 e. The third kappa shape index (κ3) is 1.76. The van der Waals surface area contributed by atoms with Crippen molar-refractivity contribution in [2.24, 2.45) is 40.4 Å². The molecule has 5 saturated carbocycles. The van der Waals surface area contributed by atoms with Gasteiger partial charge in [-0.05, 0) is 105 Å². The Bertz CT molecular complexity index is 435. The lowest BCUT2D eigenvalue weighted by molar-refractivity contribution is -0.123. The third-order valence-electron chi connectivity index (χ3n) is 9.92. The van der Waals surface area contributed by atoms with Crippen LogP contribution in [0.25, 0.3) is 0 Å². The van der Waals surface area contributed by atoms with Crippen molar-refractivity contribution < 1.29 is 0 Å². The van der Waals surface area contributed by atoms with Gasteiger partial charge < -0.3 is 0 Å². The minimum atomic E-state index is 0.746. The van der Waals surface area contributed by atoms with Gasteiger partial charge in [-0.3, -0.25) is 0 Å². The molecule has 0 nitrogen and oxygen atoms in total. The summed E-state index contributed by atoms with van der Waals surface area (Å²) in [5, 5.41) is 0. The second-order valence-electron chi connectivity index (χ2n) is 10.2. The molecule has 0 amide bonds. The van der Waals surface area contributed by atoms with E-state index in [-0.39, 0.29) is 0 Å². The van der Waals surface area contributed by atoms with Gasteiger partial charge in [0.05, 0.1) is 0 Å². The van der Waals surface area contributed by atoms with Crippen LogP contribution in [0.5, 0.6) is 0 Å². The van der Waals surface area contributed by atoms with Crippen molar-refractivity contribution in [3.05, 3.63) is 0 Å². The first-order valence-corrected chi connectivity index (χ1v) is 10.7. The molecule has 0 radical (unpaired) electrons. The van der Waals surface area contributed by atoms with E-state index in [1.165, 1.54) is 12.8 Å². The molecular formula is C22H36. The predicted octanol–water partition coefficient (Wildman–Crippen LogP) is 6.59. The van der Waals surface area contributed by atoms with E-state index >= 15 is 0 Å². The van der Waals surface area contributed by atoms with E-state index in [0.717, 1.165) is 40.4 Å². The molecule has 1 spiro atoms. The zero-order chi connectivity index (χ0) is 14.8. The molecule has 5 aliphatic rings. The lowest BCUT2D eigenvalue weighted by atomic mass is 9.43. The summed E-state index contributed by atoms with van der Waals surface area (Å²) in [7, 11) is 0. The number of hydrogen-bond acceptors (Lipinski definition) is 0. The molecule has 5 rings (SSSR count). The molecule has 5 fully saturated rings. The predicted molar refractivity (Wildman–Crippen MR) is 92.6 cm³/mol. The summed E-state index contributed by atoms with van der Waals surface area (Å²) in [4.78, 5) is 0. The molecule has 0 aromatic carbocycles. The largest absolute Gasteiger partial charge is 0.0591 e. The minimum absolute atomic E-state index is 0.746. The van der Waals surface area contributed by atoms with Crippen molar-refractivity contribution in [2.45, 2.75) is 96.8 Å². The standard InChI is InChI=1S/C22H36/c1-21-13-4-2-6-16(21)8-10-18-19(21)12-15-22-14-5-3-7-17(22)9-11-20(18)22/h16-20H,2-15H2,1H3/t16?,17-,18?,19?,20?,21?,22+/m0/s1. The molecule has 124 valence electrons. The van der Waals surface area contributed by atoms with Gasteiger partial charge in [0.25, 0.3) is 0 Å². The summed E-state index contributed by atoms with van der Waals surface area (Å²) in [6.45, 7) is 2.74. The van der Waals surface area contributed by atoms with E-state index in [1.54, 1.807) is 77.0 Å². The summed E-state index contributed by atoms with van der Waals surface area (Å²) in [5.41, 5.74) is 1.59. The summed E-state index contributed by atoms with van der Waals surface area (Å²) >= 11 is 0. The van der Waals surface area contributed by atoms with Crippen LogP contribution in [0, 0.1) is 40.4 Å². The zero-order valence-electron chi connectivity index (χ0n) is 14.8. The van der Waals surface area contributed by atoms with Gasteiger partial charge in [-0.2, -0.15) is 0 Å². The average molecular weight is 301 g/mol. The Labute approximate surface area is 137 Å². The van der Waals surface area contributed by atoms with E-state index in [4.69, 9.17) is 0 Å². The molecule has 0 aromatic rings. The number of fused-ring (bicyclic) bond motifs is 4. The maximum absolute atomic E-state index is 2.74. The average Bonchev–Trinajstić information content (AvgIpc) is 2.94. The van der Waals surface area contributed by atoms with Crippen LogP contribution >= 0.6 is 0 Å². The first-order valence-electron chi connectivity index (χ1n) is 10.7.